The number of halogens is 3. The van der Waals surface area contributed by atoms with Crippen molar-refractivity contribution in [1.29, 1.82) is 0 Å². The van der Waals surface area contributed by atoms with Gasteiger partial charge in [0.1, 0.15) is 34.7 Å². The molecule has 0 amide bonds. The maximum Gasteiger partial charge on any atom is 0.284 e. The summed E-state index contributed by atoms with van der Waals surface area (Å²) in [6.45, 7) is 5.57. The molecule has 0 radical (unpaired) electrons. The maximum atomic E-state index is 15.0. The summed E-state index contributed by atoms with van der Waals surface area (Å²) in [5.74, 6) is -1.25. The van der Waals surface area contributed by atoms with E-state index in [-0.39, 0.29) is 45.8 Å². The number of pyridine rings is 2. The minimum absolute atomic E-state index is 0.000251. The van der Waals surface area contributed by atoms with Crippen LogP contribution >= 0.6 is 11.6 Å². The van der Waals surface area contributed by atoms with E-state index in [0.717, 1.165) is 11.6 Å². The third-order valence-corrected chi connectivity index (χ3v) is 5.75. The molecule has 2 aromatic heterocycles. The molecule has 164 valence electrons. The zero-order valence-corrected chi connectivity index (χ0v) is 18.3. The molecule has 3 heterocycles. The third kappa shape index (κ3) is 3.60. The minimum atomic E-state index is -0.830. The summed E-state index contributed by atoms with van der Waals surface area (Å²) in [6, 6.07) is 8.58. The summed E-state index contributed by atoms with van der Waals surface area (Å²) in [5, 5.41) is 11.5. The number of anilines is 2. The number of nitro groups is 1. The molecule has 0 bridgehead atoms. The van der Waals surface area contributed by atoms with Crippen LogP contribution in [-0.2, 0) is 0 Å². The zero-order valence-electron chi connectivity index (χ0n) is 17.6. The van der Waals surface area contributed by atoms with Gasteiger partial charge in [-0.15, -0.1) is 0 Å². The zero-order chi connectivity index (χ0) is 23.2. The van der Waals surface area contributed by atoms with Gasteiger partial charge in [-0.1, -0.05) is 37.6 Å². The summed E-state index contributed by atoms with van der Waals surface area (Å²) in [7, 11) is 0. The molecule has 0 unspecified atom stereocenters. The van der Waals surface area contributed by atoms with Gasteiger partial charge < -0.3 is 4.90 Å². The van der Waals surface area contributed by atoms with Crippen molar-refractivity contribution in [2.75, 3.05) is 11.4 Å². The predicted molar refractivity (Wildman–Crippen MR) is 119 cm³/mol. The molecule has 1 aromatic carbocycles. The van der Waals surface area contributed by atoms with E-state index in [1.54, 1.807) is 23.2 Å². The fourth-order valence-electron chi connectivity index (χ4n) is 3.81. The summed E-state index contributed by atoms with van der Waals surface area (Å²) in [4.78, 5) is 21.7. The van der Waals surface area contributed by atoms with Gasteiger partial charge >= 0.3 is 0 Å². The Morgan fingerprint density at radius 1 is 1.16 bits per heavy atom. The number of hydrogen-bond acceptors (Lipinski definition) is 5. The molecule has 1 aliphatic heterocycles. The highest BCUT2D eigenvalue weighted by Crippen LogP contribution is 2.44. The van der Waals surface area contributed by atoms with Crippen LogP contribution < -0.4 is 4.90 Å². The number of aryl methyl sites for hydroxylation is 1. The lowest BCUT2D eigenvalue weighted by Gasteiger charge is -2.32. The Kier molecular flexibility index (Phi) is 5.64. The number of benzene rings is 1. The minimum Gasteiger partial charge on any atom is -0.313 e. The standard InChI is InChI=1S/C23H19ClF2N4O2/c1-12(2)20-22(13(3)8-9-27-20)29-11-18(30(31)32)19(24)15-10-17(26)21(28-23(15)29)14-6-4-5-7-16(14)25/h4-10,12H,11H2,1-3H3. The highest BCUT2D eigenvalue weighted by atomic mass is 35.5. The van der Waals surface area contributed by atoms with E-state index in [2.05, 4.69) is 9.97 Å². The Morgan fingerprint density at radius 3 is 2.53 bits per heavy atom. The maximum absolute atomic E-state index is 15.0. The van der Waals surface area contributed by atoms with Crippen molar-refractivity contribution in [3.8, 4) is 11.3 Å². The lowest BCUT2D eigenvalue weighted by Crippen LogP contribution is -2.31. The highest BCUT2D eigenvalue weighted by molar-refractivity contribution is 6.50. The van der Waals surface area contributed by atoms with Gasteiger partial charge in [-0.2, -0.15) is 0 Å². The first-order valence-corrected chi connectivity index (χ1v) is 10.3. The van der Waals surface area contributed by atoms with Crippen molar-refractivity contribution >= 4 is 28.1 Å². The first-order valence-electron chi connectivity index (χ1n) is 9.92. The molecule has 0 spiro atoms. The van der Waals surface area contributed by atoms with Crippen molar-refractivity contribution in [2.45, 2.75) is 26.7 Å². The molecular formula is C23H19ClF2N4O2. The largest absolute Gasteiger partial charge is 0.313 e. The molecule has 3 aromatic rings. The predicted octanol–water partition coefficient (Wildman–Crippen LogP) is 6.19. The van der Waals surface area contributed by atoms with Crippen molar-refractivity contribution in [2.24, 2.45) is 0 Å². The van der Waals surface area contributed by atoms with Gasteiger partial charge in [0.15, 0.2) is 0 Å². The van der Waals surface area contributed by atoms with Gasteiger partial charge in [0, 0.05) is 17.3 Å². The van der Waals surface area contributed by atoms with E-state index < -0.39 is 16.6 Å². The van der Waals surface area contributed by atoms with Gasteiger partial charge in [0.2, 0.25) is 0 Å². The Labute approximate surface area is 188 Å². The molecule has 0 saturated heterocycles. The fraction of sp³-hybridized carbons (Fsp3) is 0.217. The smallest absolute Gasteiger partial charge is 0.284 e. The third-order valence-electron chi connectivity index (χ3n) is 5.33. The van der Waals surface area contributed by atoms with Crippen molar-refractivity contribution in [3.63, 3.8) is 0 Å². The van der Waals surface area contributed by atoms with Crippen molar-refractivity contribution < 1.29 is 13.7 Å². The molecule has 0 saturated carbocycles. The number of rotatable bonds is 4. The van der Waals surface area contributed by atoms with E-state index >= 15 is 4.39 Å². The van der Waals surface area contributed by atoms with Crippen LogP contribution in [0.15, 0.2) is 48.3 Å². The summed E-state index contributed by atoms with van der Waals surface area (Å²) >= 11 is 6.32. The second kappa shape index (κ2) is 8.27. The molecule has 1 aliphatic rings. The number of aromatic nitrogens is 2. The van der Waals surface area contributed by atoms with Crippen LogP contribution in [0.25, 0.3) is 16.3 Å². The number of hydrogen-bond donors (Lipinski definition) is 0. The topological polar surface area (TPSA) is 72.2 Å². The van der Waals surface area contributed by atoms with Crippen LogP contribution in [0.5, 0.6) is 0 Å². The highest BCUT2D eigenvalue weighted by Gasteiger charge is 2.36. The van der Waals surface area contributed by atoms with Crippen molar-refractivity contribution in [1.82, 2.24) is 9.97 Å². The molecule has 0 aliphatic carbocycles. The fourth-order valence-corrected chi connectivity index (χ4v) is 4.07. The van der Waals surface area contributed by atoms with Gasteiger partial charge in [0.05, 0.1) is 16.3 Å². The van der Waals surface area contributed by atoms with Crippen LogP contribution in [0.4, 0.5) is 20.3 Å². The van der Waals surface area contributed by atoms with Crippen LogP contribution in [0.3, 0.4) is 0 Å². The Hall–Kier alpha value is -3.39. The second-order valence-corrected chi connectivity index (χ2v) is 8.17. The summed E-state index contributed by atoms with van der Waals surface area (Å²) < 4.78 is 29.5. The monoisotopic (exact) mass is 456 g/mol. The van der Waals surface area contributed by atoms with E-state index in [1.165, 1.54) is 18.2 Å². The number of nitrogens with zero attached hydrogens (tertiary/aromatic N) is 4. The molecular weight excluding hydrogens is 438 g/mol. The normalized spacial score (nSPS) is 13.5. The van der Waals surface area contributed by atoms with Gasteiger partial charge in [-0.3, -0.25) is 15.1 Å². The first-order chi connectivity index (χ1) is 15.2. The Balaban J connectivity index is 2.04. The van der Waals surface area contributed by atoms with E-state index in [1.807, 2.05) is 20.8 Å². The molecule has 0 atom stereocenters. The van der Waals surface area contributed by atoms with Gasteiger partial charge in [-0.25, -0.2) is 13.8 Å². The summed E-state index contributed by atoms with van der Waals surface area (Å²) in [6.07, 6.45) is 1.67. The molecule has 32 heavy (non-hydrogen) atoms. The molecule has 6 nitrogen and oxygen atoms in total. The van der Waals surface area contributed by atoms with Gasteiger partial charge in [-0.05, 0) is 42.7 Å². The Bertz CT molecular complexity index is 1280. The van der Waals surface area contributed by atoms with E-state index in [4.69, 9.17) is 11.6 Å². The van der Waals surface area contributed by atoms with Crippen LogP contribution in [0, 0.1) is 28.7 Å². The average molecular weight is 457 g/mol. The molecule has 4 rings (SSSR count). The van der Waals surface area contributed by atoms with Crippen LogP contribution in [0.1, 0.15) is 36.6 Å². The van der Waals surface area contributed by atoms with Crippen LogP contribution in [-0.4, -0.2) is 21.4 Å². The van der Waals surface area contributed by atoms with Crippen molar-refractivity contribution in [3.05, 3.63) is 86.9 Å². The molecule has 0 fully saturated rings. The average Bonchev–Trinajstić information content (AvgIpc) is 2.74. The lowest BCUT2D eigenvalue weighted by molar-refractivity contribution is -0.424. The second-order valence-electron chi connectivity index (χ2n) is 7.79. The lowest BCUT2D eigenvalue weighted by atomic mass is 10.0. The molecule has 9 heteroatoms. The van der Waals surface area contributed by atoms with Crippen LogP contribution in [0.2, 0.25) is 0 Å². The van der Waals surface area contributed by atoms with Gasteiger partial charge in [0.25, 0.3) is 5.70 Å². The Morgan fingerprint density at radius 2 is 1.88 bits per heavy atom. The number of fused-ring (bicyclic) bond motifs is 1. The first kappa shape index (κ1) is 21.8. The quantitative estimate of drug-likeness (QED) is 0.346. The van der Waals surface area contributed by atoms with E-state index in [9.17, 15) is 14.5 Å². The SMILES string of the molecule is Cc1ccnc(C(C)C)c1N1CC([N+](=O)[O-])=C(Cl)c2cc(F)c(-c3ccccc3F)nc21. The summed E-state index contributed by atoms with van der Waals surface area (Å²) in [5.41, 5.74) is 1.72. The molecule has 0 N–H and O–H groups in total. The van der Waals surface area contributed by atoms with E-state index in [0.29, 0.717) is 11.4 Å².